The van der Waals surface area contributed by atoms with E-state index >= 15 is 0 Å². The number of nitrogens with zero attached hydrogens (tertiary/aromatic N) is 1. The van der Waals surface area contributed by atoms with E-state index in [0.717, 1.165) is 36.3 Å². The van der Waals surface area contributed by atoms with E-state index in [1.54, 1.807) is 18.0 Å². The predicted molar refractivity (Wildman–Crippen MR) is 105 cm³/mol. The van der Waals surface area contributed by atoms with E-state index in [4.69, 9.17) is 9.47 Å². The van der Waals surface area contributed by atoms with E-state index in [9.17, 15) is 4.79 Å². The van der Waals surface area contributed by atoms with E-state index < -0.39 is 0 Å². The smallest absolute Gasteiger partial charge is 0.234 e. The summed E-state index contributed by atoms with van der Waals surface area (Å²) in [5.74, 6) is 1.81. The van der Waals surface area contributed by atoms with Crippen LogP contribution in [0.2, 0.25) is 0 Å². The number of aryl methyl sites for hydroxylation is 1. The average molecular weight is 372 g/mol. The van der Waals surface area contributed by atoms with Crippen molar-refractivity contribution in [1.29, 1.82) is 0 Å². The lowest BCUT2D eigenvalue weighted by molar-refractivity contribution is -0.113. The zero-order valence-corrected chi connectivity index (χ0v) is 15.8. The van der Waals surface area contributed by atoms with Crippen molar-refractivity contribution in [2.24, 2.45) is 0 Å². The van der Waals surface area contributed by atoms with Gasteiger partial charge in [-0.3, -0.25) is 9.78 Å². The molecule has 1 aromatic carbocycles. The first-order chi connectivity index (χ1) is 12.7. The predicted octanol–water partition coefficient (Wildman–Crippen LogP) is 3.82. The maximum atomic E-state index is 12.3. The van der Waals surface area contributed by atoms with Crippen molar-refractivity contribution in [2.75, 3.05) is 24.3 Å². The summed E-state index contributed by atoms with van der Waals surface area (Å²) in [6.45, 7) is 3.33. The van der Waals surface area contributed by atoms with E-state index in [2.05, 4.69) is 10.3 Å². The molecule has 0 aliphatic carbocycles. The highest BCUT2D eigenvalue weighted by Crippen LogP contribution is 2.27. The van der Waals surface area contributed by atoms with Gasteiger partial charge in [0.1, 0.15) is 12.4 Å². The van der Waals surface area contributed by atoms with E-state index in [-0.39, 0.29) is 12.0 Å². The van der Waals surface area contributed by atoms with Crippen LogP contribution in [-0.2, 0) is 15.3 Å². The molecule has 0 bridgehead atoms. The Morgan fingerprint density at radius 1 is 1.42 bits per heavy atom. The highest BCUT2D eigenvalue weighted by molar-refractivity contribution is 7.99. The summed E-state index contributed by atoms with van der Waals surface area (Å²) in [7, 11) is 0. The second-order valence-corrected chi connectivity index (χ2v) is 7.33. The molecular formula is C20H24N2O3S. The maximum Gasteiger partial charge on any atom is 0.234 e. The highest BCUT2D eigenvalue weighted by Gasteiger charge is 2.17. The zero-order valence-electron chi connectivity index (χ0n) is 14.9. The summed E-state index contributed by atoms with van der Waals surface area (Å²) in [5.41, 5.74) is 2.91. The molecule has 138 valence electrons. The lowest BCUT2D eigenvalue weighted by Crippen LogP contribution is -2.19. The molecule has 0 spiro atoms. The molecule has 1 N–H and O–H groups in total. The number of ether oxygens (including phenoxy) is 2. The van der Waals surface area contributed by atoms with Gasteiger partial charge >= 0.3 is 0 Å². The van der Waals surface area contributed by atoms with Gasteiger partial charge in [-0.05, 0) is 49.1 Å². The van der Waals surface area contributed by atoms with Crippen molar-refractivity contribution in [3.05, 3.63) is 53.9 Å². The Morgan fingerprint density at radius 2 is 2.35 bits per heavy atom. The molecule has 6 heteroatoms. The van der Waals surface area contributed by atoms with Crippen LogP contribution in [0.15, 0.2) is 42.7 Å². The normalized spacial score (nSPS) is 16.4. The fourth-order valence-electron chi connectivity index (χ4n) is 2.74. The number of pyridine rings is 1. The third-order valence-corrected chi connectivity index (χ3v) is 5.09. The van der Waals surface area contributed by atoms with E-state index in [1.165, 1.54) is 0 Å². The lowest BCUT2D eigenvalue weighted by Gasteiger charge is -2.16. The van der Waals surface area contributed by atoms with Gasteiger partial charge in [-0.15, -0.1) is 11.8 Å². The number of benzene rings is 1. The van der Waals surface area contributed by atoms with Crippen LogP contribution in [0, 0.1) is 6.92 Å². The standard InChI is InChI=1S/C20H24N2O3S/c1-15-6-7-18(19(10-15)25-12-17-5-3-9-24-17)22-20(23)14-26-13-16-4-2-8-21-11-16/h2,4,6-8,10-11,17H,3,5,9,12-14H2,1H3,(H,22,23)/t17-/m1/s1. The van der Waals surface area contributed by atoms with Gasteiger partial charge in [0.2, 0.25) is 5.91 Å². The Labute approximate surface area is 158 Å². The number of thioether (sulfide) groups is 1. The molecular weight excluding hydrogens is 348 g/mol. The number of amides is 1. The van der Waals surface area contributed by atoms with Gasteiger partial charge in [0.05, 0.1) is 17.5 Å². The van der Waals surface area contributed by atoms with Gasteiger partial charge in [-0.2, -0.15) is 0 Å². The van der Waals surface area contributed by atoms with Crippen molar-refractivity contribution in [1.82, 2.24) is 4.98 Å². The zero-order chi connectivity index (χ0) is 18.2. The average Bonchev–Trinajstić information content (AvgIpc) is 3.16. The SMILES string of the molecule is Cc1ccc(NC(=O)CSCc2cccnc2)c(OC[C@H]2CCCO2)c1. The minimum Gasteiger partial charge on any atom is -0.489 e. The van der Waals surface area contributed by atoms with Crippen molar-refractivity contribution in [2.45, 2.75) is 31.6 Å². The number of nitrogens with one attached hydrogen (secondary N) is 1. The van der Waals surface area contributed by atoms with Crippen molar-refractivity contribution < 1.29 is 14.3 Å². The molecule has 2 heterocycles. The maximum absolute atomic E-state index is 12.3. The Kier molecular flexibility index (Phi) is 6.91. The van der Waals surface area contributed by atoms with Gasteiger partial charge < -0.3 is 14.8 Å². The topological polar surface area (TPSA) is 60.5 Å². The monoisotopic (exact) mass is 372 g/mol. The quantitative estimate of drug-likeness (QED) is 0.763. The van der Waals surface area contributed by atoms with Crippen LogP contribution in [0.5, 0.6) is 5.75 Å². The lowest BCUT2D eigenvalue weighted by atomic mass is 10.2. The fourth-order valence-corrected chi connectivity index (χ4v) is 3.51. The van der Waals surface area contributed by atoms with Crippen LogP contribution >= 0.6 is 11.8 Å². The molecule has 0 unspecified atom stereocenters. The van der Waals surface area contributed by atoms with Gasteiger partial charge in [0.15, 0.2) is 0 Å². The first-order valence-electron chi connectivity index (χ1n) is 8.82. The number of rotatable bonds is 8. The Morgan fingerprint density at radius 3 is 3.12 bits per heavy atom. The van der Waals surface area contributed by atoms with Gasteiger partial charge in [0.25, 0.3) is 0 Å². The Bertz CT molecular complexity index is 718. The summed E-state index contributed by atoms with van der Waals surface area (Å²) < 4.78 is 11.5. The van der Waals surface area contributed by atoms with Crippen molar-refractivity contribution in [3.63, 3.8) is 0 Å². The number of hydrogen-bond acceptors (Lipinski definition) is 5. The van der Waals surface area contributed by atoms with Crippen LogP contribution in [0.1, 0.15) is 24.0 Å². The van der Waals surface area contributed by atoms with E-state index in [1.807, 2.05) is 43.5 Å². The van der Waals surface area contributed by atoms with Gasteiger partial charge in [-0.25, -0.2) is 0 Å². The fraction of sp³-hybridized carbons (Fsp3) is 0.400. The molecule has 1 saturated heterocycles. The van der Waals surface area contributed by atoms with Crippen LogP contribution in [0.3, 0.4) is 0 Å². The number of carbonyl (C=O) groups is 1. The molecule has 1 fully saturated rings. The molecule has 1 aromatic heterocycles. The second kappa shape index (κ2) is 9.59. The summed E-state index contributed by atoms with van der Waals surface area (Å²) in [4.78, 5) is 16.4. The molecule has 1 aliphatic heterocycles. The van der Waals surface area contributed by atoms with Crippen LogP contribution in [-0.4, -0.2) is 36.0 Å². The van der Waals surface area contributed by atoms with Crippen LogP contribution in [0.4, 0.5) is 5.69 Å². The number of hydrogen-bond donors (Lipinski definition) is 1. The molecule has 2 aromatic rings. The second-order valence-electron chi connectivity index (χ2n) is 6.35. The van der Waals surface area contributed by atoms with E-state index in [0.29, 0.717) is 23.8 Å². The number of anilines is 1. The number of carbonyl (C=O) groups excluding carboxylic acids is 1. The van der Waals surface area contributed by atoms with Gasteiger partial charge in [0, 0.05) is 24.8 Å². The summed E-state index contributed by atoms with van der Waals surface area (Å²) in [5, 5.41) is 2.96. The Balaban J connectivity index is 1.51. The minimum absolute atomic E-state index is 0.0373. The third kappa shape index (κ3) is 5.75. The summed E-state index contributed by atoms with van der Waals surface area (Å²) in [6.07, 6.45) is 5.82. The first kappa shape index (κ1) is 18.7. The van der Waals surface area contributed by atoms with Crippen LogP contribution < -0.4 is 10.1 Å². The molecule has 3 rings (SSSR count). The van der Waals surface area contributed by atoms with Crippen molar-refractivity contribution in [3.8, 4) is 5.75 Å². The molecule has 1 atom stereocenters. The van der Waals surface area contributed by atoms with Crippen molar-refractivity contribution >= 4 is 23.4 Å². The molecule has 5 nitrogen and oxygen atoms in total. The first-order valence-corrected chi connectivity index (χ1v) is 9.98. The summed E-state index contributed by atoms with van der Waals surface area (Å²) >= 11 is 1.56. The summed E-state index contributed by atoms with van der Waals surface area (Å²) in [6, 6.07) is 9.73. The van der Waals surface area contributed by atoms with Crippen LogP contribution in [0.25, 0.3) is 0 Å². The molecule has 0 radical (unpaired) electrons. The van der Waals surface area contributed by atoms with Gasteiger partial charge in [-0.1, -0.05) is 12.1 Å². The third-order valence-electron chi connectivity index (χ3n) is 4.08. The molecule has 0 saturated carbocycles. The molecule has 1 aliphatic rings. The largest absolute Gasteiger partial charge is 0.489 e. The minimum atomic E-state index is -0.0373. The highest BCUT2D eigenvalue weighted by atomic mass is 32.2. The Hall–Kier alpha value is -2.05. The molecule has 1 amide bonds. The molecule has 26 heavy (non-hydrogen) atoms. The number of aromatic nitrogens is 1.